The predicted octanol–water partition coefficient (Wildman–Crippen LogP) is 2.56. The first kappa shape index (κ1) is 11.2. The zero-order valence-electron chi connectivity index (χ0n) is 8.64. The van der Waals surface area contributed by atoms with Crippen molar-refractivity contribution in [3.8, 4) is 0 Å². The number of aromatic nitrogens is 1. The van der Waals surface area contributed by atoms with Crippen molar-refractivity contribution in [1.29, 1.82) is 0 Å². The molecule has 2 aromatic rings. The number of halogens is 1. The third-order valence-electron chi connectivity index (χ3n) is 2.31. The molecule has 2 rings (SSSR count). The predicted molar refractivity (Wildman–Crippen MR) is 65.5 cm³/mol. The zero-order chi connectivity index (χ0) is 11.7. The minimum atomic E-state index is -0.991. The van der Waals surface area contributed by atoms with E-state index in [1.807, 2.05) is 18.2 Å². The largest absolute Gasteiger partial charge is 0.385 e. The van der Waals surface area contributed by atoms with Crippen molar-refractivity contribution < 1.29 is 9.90 Å². The highest BCUT2D eigenvalue weighted by Gasteiger charge is 2.12. The second-order valence-electron chi connectivity index (χ2n) is 3.60. The number of carbonyl (C=O) groups is 1. The van der Waals surface area contributed by atoms with Crippen LogP contribution in [0.5, 0.6) is 0 Å². The van der Waals surface area contributed by atoms with Gasteiger partial charge in [-0.1, -0.05) is 22.0 Å². The number of nitrogens with zero attached hydrogens (tertiary/aromatic N) is 1. The van der Waals surface area contributed by atoms with Gasteiger partial charge in [0.15, 0.2) is 5.78 Å². The summed E-state index contributed by atoms with van der Waals surface area (Å²) in [5.74, 6) is -0.308. The quantitative estimate of drug-likeness (QED) is 0.860. The van der Waals surface area contributed by atoms with Gasteiger partial charge in [-0.05, 0) is 25.1 Å². The Labute approximate surface area is 101 Å². The minimum absolute atomic E-state index is 0.308. The Hall–Kier alpha value is -1.26. The summed E-state index contributed by atoms with van der Waals surface area (Å²) in [4.78, 5) is 15.7. The van der Waals surface area contributed by atoms with Crippen LogP contribution in [0.15, 0.2) is 34.9 Å². The van der Waals surface area contributed by atoms with Crippen molar-refractivity contribution in [2.45, 2.75) is 13.0 Å². The molecule has 0 aliphatic heterocycles. The molecule has 1 heterocycles. The number of fused-ring (bicyclic) bond motifs is 1. The lowest BCUT2D eigenvalue weighted by Crippen LogP contribution is -2.16. The van der Waals surface area contributed by atoms with Crippen LogP contribution in [-0.2, 0) is 0 Å². The summed E-state index contributed by atoms with van der Waals surface area (Å²) in [6, 6.07) is 7.39. The van der Waals surface area contributed by atoms with Crippen molar-refractivity contribution in [1.82, 2.24) is 4.98 Å². The number of hydrogen-bond acceptors (Lipinski definition) is 3. The Balaban J connectivity index is 2.52. The fourth-order valence-corrected chi connectivity index (χ4v) is 1.82. The molecular formula is C12H10BrNO2. The molecule has 4 heteroatoms. The molecule has 1 aromatic carbocycles. The van der Waals surface area contributed by atoms with Crippen LogP contribution in [0.1, 0.15) is 17.3 Å². The van der Waals surface area contributed by atoms with Gasteiger partial charge in [-0.15, -0.1) is 0 Å². The first-order valence-corrected chi connectivity index (χ1v) is 5.65. The Morgan fingerprint density at radius 3 is 2.88 bits per heavy atom. The highest BCUT2D eigenvalue weighted by molar-refractivity contribution is 9.10. The molecule has 3 nitrogen and oxygen atoms in total. The second-order valence-corrected chi connectivity index (χ2v) is 4.52. The van der Waals surface area contributed by atoms with Crippen molar-refractivity contribution >= 4 is 32.6 Å². The molecule has 0 aliphatic rings. The Kier molecular flexibility index (Phi) is 3.03. The van der Waals surface area contributed by atoms with E-state index in [1.54, 1.807) is 6.07 Å². The van der Waals surface area contributed by atoms with Crippen LogP contribution in [0.4, 0.5) is 0 Å². The highest BCUT2D eigenvalue weighted by Crippen LogP contribution is 2.19. The summed E-state index contributed by atoms with van der Waals surface area (Å²) in [6.07, 6.45) is 0.499. The standard InChI is InChI=1S/C12H10BrNO2/c1-7(15)12(16)9-4-8-2-3-10(13)5-11(8)14-6-9/h2-7,15H,1H3. The number of pyridine rings is 1. The average molecular weight is 280 g/mol. The lowest BCUT2D eigenvalue weighted by molar-refractivity contribution is 0.0779. The molecule has 0 radical (unpaired) electrons. The van der Waals surface area contributed by atoms with Crippen molar-refractivity contribution in [3.05, 3.63) is 40.5 Å². The van der Waals surface area contributed by atoms with E-state index in [0.717, 1.165) is 15.4 Å². The van der Waals surface area contributed by atoms with Crippen molar-refractivity contribution in [2.75, 3.05) is 0 Å². The number of aliphatic hydroxyl groups is 1. The highest BCUT2D eigenvalue weighted by atomic mass is 79.9. The van der Waals surface area contributed by atoms with E-state index < -0.39 is 6.10 Å². The number of rotatable bonds is 2. The fraction of sp³-hybridized carbons (Fsp3) is 0.167. The number of Topliss-reactive ketones (excluding diaryl/α,β-unsaturated/α-hetero) is 1. The van der Waals surface area contributed by atoms with E-state index in [1.165, 1.54) is 13.1 Å². The third-order valence-corrected chi connectivity index (χ3v) is 2.80. The number of benzene rings is 1. The van der Waals surface area contributed by atoms with Gasteiger partial charge in [0.1, 0.15) is 6.10 Å². The molecular weight excluding hydrogens is 270 g/mol. The Morgan fingerprint density at radius 1 is 1.44 bits per heavy atom. The molecule has 0 aliphatic carbocycles. The monoisotopic (exact) mass is 279 g/mol. The summed E-state index contributed by atoms with van der Waals surface area (Å²) in [5.41, 5.74) is 1.25. The van der Waals surface area contributed by atoms with Gasteiger partial charge in [0.2, 0.25) is 0 Å². The van der Waals surface area contributed by atoms with Gasteiger partial charge in [-0.25, -0.2) is 0 Å². The molecule has 1 atom stereocenters. The first-order chi connectivity index (χ1) is 7.58. The molecule has 0 bridgehead atoms. The van der Waals surface area contributed by atoms with Gasteiger partial charge in [0, 0.05) is 21.6 Å². The molecule has 1 aromatic heterocycles. The zero-order valence-corrected chi connectivity index (χ0v) is 10.2. The van der Waals surface area contributed by atoms with Crippen LogP contribution in [-0.4, -0.2) is 22.0 Å². The fourth-order valence-electron chi connectivity index (χ4n) is 1.47. The summed E-state index contributed by atoms with van der Waals surface area (Å²) in [7, 11) is 0. The average Bonchev–Trinajstić information content (AvgIpc) is 2.27. The molecule has 0 fully saturated rings. The summed E-state index contributed by atoms with van der Waals surface area (Å²) in [6.45, 7) is 1.45. The maximum atomic E-state index is 11.6. The van der Waals surface area contributed by atoms with Crippen LogP contribution in [0.25, 0.3) is 10.9 Å². The normalized spacial score (nSPS) is 12.7. The molecule has 0 saturated carbocycles. The number of aliphatic hydroxyl groups excluding tert-OH is 1. The molecule has 0 saturated heterocycles. The van der Waals surface area contributed by atoms with E-state index in [4.69, 9.17) is 0 Å². The lowest BCUT2D eigenvalue weighted by atomic mass is 10.1. The van der Waals surface area contributed by atoms with Gasteiger partial charge in [-0.2, -0.15) is 0 Å². The summed E-state index contributed by atoms with van der Waals surface area (Å²) >= 11 is 3.36. The van der Waals surface area contributed by atoms with Crippen molar-refractivity contribution in [3.63, 3.8) is 0 Å². The second kappa shape index (κ2) is 4.31. The molecule has 1 unspecified atom stereocenters. The minimum Gasteiger partial charge on any atom is -0.385 e. The first-order valence-electron chi connectivity index (χ1n) is 4.85. The smallest absolute Gasteiger partial charge is 0.192 e. The maximum Gasteiger partial charge on any atom is 0.192 e. The number of ketones is 1. The maximum absolute atomic E-state index is 11.6. The van der Waals surface area contributed by atoms with Crippen LogP contribution in [0.2, 0.25) is 0 Å². The lowest BCUT2D eigenvalue weighted by Gasteiger charge is -2.04. The SMILES string of the molecule is CC(O)C(=O)c1cnc2cc(Br)ccc2c1. The van der Waals surface area contributed by atoms with Gasteiger partial charge in [0.25, 0.3) is 0 Å². The van der Waals surface area contributed by atoms with Gasteiger partial charge in [0.05, 0.1) is 5.52 Å². The van der Waals surface area contributed by atoms with E-state index >= 15 is 0 Å². The van der Waals surface area contributed by atoms with E-state index in [0.29, 0.717) is 5.56 Å². The Morgan fingerprint density at radius 2 is 2.19 bits per heavy atom. The van der Waals surface area contributed by atoms with E-state index in [9.17, 15) is 9.90 Å². The van der Waals surface area contributed by atoms with Crippen LogP contribution < -0.4 is 0 Å². The van der Waals surface area contributed by atoms with Crippen LogP contribution in [0.3, 0.4) is 0 Å². The van der Waals surface area contributed by atoms with Crippen LogP contribution in [0, 0.1) is 0 Å². The van der Waals surface area contributed by atoms with E-state index in [-0.39, 0.29) is 5.78 Å². The number of hydrogen-bond donors (Lipinski definition) is 1. The third kappa shape index (κ3) is 2.13. The summed E-state index contributed by atoms with van der Waals surface area (Å²) < 4.78 is 0.946. The molecule has 16 heavy (non-hydrogen) atoms. The van der Waals surface area contributed by atoms with Crippen LogP contribution >= 0.6 is 15.9 Å². The Bertz CT molecular complexity index is 552. The van der Waals surface area contributed by atoms with E-state index in [2.05, 4.69) is 20.9 Å². The molecule has 0 spiro atoms. The molecule has 0 amide bonds. The number of carbonyl (C=O) groups excluding carboxylic acids is 1. The van der Waals surface area contributed by atoms with Gasteiger partial charge >= 0.3 is 0 Å². The molecule has 82 valence electrons. The topological polar surface area (TPSA) is 50.2 Å². The van der Waals surface area contributed by atoms with Gasteiger partial charge < -0.3 is 5.11 Å². The molecule has 1 N–H and O–H groups in total. The van der Waals surface area contributed by atoms with Crippen molar-refractivity contribution in [2.24, 2.45) is 0 Å². The van der Waals surface area contributed by atoms with Gasteiger partial charge in [-0.3, -0.25) is 9.78 Å². The summed E-state index contributed by atoms with van der Waals surface area (Å²) in [5, 5.41) is 10.1.